The maximum Gasteiger partial charge on any atom is 0.277 e. The summed E-state index contributed by atoms with van der Waals surface area (Å²) in [7, 11) is 0. The molecular formula is C18H17N3O4. The molecule has 3 aromatic rings. The molecule has 7 heteroatoms. The van der Waals surface area contributed by atoms with Crippen LogP contribution in [0.25, 0.3) is 10.8 Å². The van der Waals surface area contributed by atoms with Crippen molar-refractivity contribution in [2.24, 2.45) is 0 Å². The van der Waals surface area contributed by atoms with Gasteiger partial charge in [0.15, 0.2) is 23.0 Å². The second kappa shape index (κ2) is 6.64. The number of pyridine rings is 2. The maximum atomic E-state index is 12.7. The largest absolute Gasteiger partial charge is 0.505 e. The number of nitrogens with one attached hydrogen (secondary N) is 1. The summed E-state index contributed by atoms with van der Waals surface area (Å²) >= 11 is 0. The summed E-state index contributed by atoms with van der Waals surface area (Å²) in [5, 5.41) is 23.4. The van der Waals surface area contributed by atoms with Crippen LogP contribution in [0.15, 0.2) is 47.4 Å². The van der Waals surface area contributed by atoms with Gasteiger partial charge in [0.05, 0.1) is 5.39 Å². The summed E-state index contributed by atoms with van der Waals surface area (Å²) in [6.45, 7) is 2.14. The molecule has 0 aliphatic rings. The number of rotatable bonds is 4. The molecule has 0 radical (unpaired) electrons. The van der Waals surface area contributed by atoms with Crippen molar-refractivity contribution in [2.75, 3.05) is 5.32 Å². The van der Waals surface area contributed by atoms with E-state index in [0.29, 0.717) is 17.2 Å². The number of carbonyl (C=O) groups is 1. The SMILES string of the molecule is CCCn1c(C(=O)Nc2ncccc2O)c(O)c2ccccc2c1=O. The Balaban J connectivity index is 2.18. The molecule has 0 bridgehead atoms. The molecule has 2 aromatic heterocycles. The van der Waals surface area contributed by atoms with E-state index in [2.05, 4.69) is 10.3 Å². The fourth-order valence-corrected chi connectivity index (χ4v) is 2.71. The van der Waals surface area contributed by atoms with Crippen LogP contribution >= 0.6 is 0 Å². The van der Waals surface area contributed by atoms with E-state index in [9.17, 15) is 19.8 Å². The highest BCUT2D eigenvalue weighted by Crippen LogP contribution is 2.28. The van der Waals surface area contributed by atoms with Crippen LogP contribution in [-0.2, 0) is 6.54 Å². The molecule has 7 nitrogen and oxygen atoms in total. The molecule has 1 amide bonds. The Morgan fingerprint density at radius 3 is 2.56 bits per heavy atom. The summed E-state index contributed by atoms with van der Waals surface area (Å²) in [6, 6.07) is 9.46. The predicted molar refractivity (Wildman–Crippen MR) is 94.0 cm³/mol. The fourth-order valence-electron chi connectivity index (χ4n) is 2.71. The number of hydrogen-bond acceptors (Lipinski definition) is 5. The van der Waals surface area contributed by atoms with Gasteiger partial charge in [0.25, 0.3) is 11.5 Å². The van der Waals surface area contributed by atoms with Gasteiger partial charge < -0.3 is 20.1 Å². The zero-order valence-corrected chi connectivity index (χ0v) is 13.6. The molecule has 1 aromatic carbocycles. The number of aromatic hydroxyl groups is 2. The van der Waals surface area contributed by atoms with E-state index in [0.717, 1.165) is 0 Å². The normalized spacial score (nSPS) is 10.8. The summed E-state index contributed by atoms with van der Waals surface area (Å²) < 4.78 is 1.24. The fraction of sp³-hybridized carbons (Fsp3) is 0.167. The lowest BCUT2D eigenvalue weighted by molar-refractivity contribution is 0.101. The molecule has 3 rings (SSSR count). The highest BCUT2D eigenvalue weighted by molar-refractivity contribution is 6.08. The van der Waals surface area contributed by atoms with E-state index in [1.54, 1.807) is 24.3 Å². The van der Waals surface area contributed by atoms with Crippen LogP contribution in [-0.4, -0.2) is 25.7 Å². The van der Waals surface area contributed by atoms with E-state index in [1.165, 1.54) is 22.9 Å². The lowest BCUT2D eigenvalue weighted by atomic mass is 10.1. The smallest absolute Gasteiger partial charge is 0.277 e. The third kappa shape index (κ3) is 2.91. The summed E-state index contributed by atoms with van der Waals surface area (Å²) in [5.74, 6) is -1.25. The first-order chi connectivity index (χ1) is 12.0. The van der Waals surface area contributed by atoms with Crippen molar-refractivity contribution >= 4 is 22.5 Å². The molecule has 0 saturated heterocycles. The van der Waals surface area contributed by atoms with E-state index < -0.39 is 5.91 Å². The van der Waals surface area contributed by atoms with Crippen LogP contribution in [0.1, 0.15) is 23.8 Å². The molecule has 3 N–H and O–H groups in total. The van der Waals surface area contributed by atoms with Gasteiger partial charge in [-0.1, -0.05) is 25.1 Å². The van der Waals surface area contributed by atoms with E-state index in [1.807, 2.05) is 6.92 Å². The molecule has 0 aliphatic carbocycles. The molecule has 128 valence electrons. The highest BCUT2D eigenvalue weighted by Gasteiger charge is 2.22. The van der Waals surface area contributed by atoms with E-state index in [4.69, 9.17) is 0 Å². The average Bonchev–Trinajstić information content (AvgIpc) is 2.61. The monoisotopic (exact) mass is 339 g/mol. The van der Waals surface area contributed by atoms with Crippen molar-refractivity contribution in [1.29, 1.82) is 0 Å². The third-order valence-electron chi connectivity index (χ3n) is 3.83. The van der Waals surface area contributed by atoms with Crippen molar-refractivity contribution < 1.29 is 15.0 Å². The summed E-state index contributed by atoms with van der Waals surface area (Å²) in [5.41, 5.74) is -0.513. The number of fused-ring (bicyclic) bond motifs is 1. The molecule has 2 heterocycles. The van der Waals surface area contributed by atoms with E-state index in [-0.39, 0.29) is 35.1 Å². The van der Waals surface area contributed by atoms with Crippen LogP contribution < -0.4 is 10.9 Å². The molecular weight excluding hydrogens is 322 g/mol. The second-order valence-corrected chi connectivity index (χ2v) is 5.52. The van der Waals surface area contributed by atoms with Gasteiger partial charge in [0.2, 0.25) is 0 Å². The Hall–Kier alpha value is -3.35. The third-order valence-corrected chi connectivity index (χ3v) is 3.83. The molecule has 0 atom stereocenters. The highest BCUT2D eigenvalue weighted by atomic mass is 16.3. The average molecular weight is 339 g/mol. The number of anilines is 1. The van der Waals surface area contributed by atoms with Crippen molar-refractivity contribution in [2.45, 2.75) is 19.9 Å². The Morgan fingerprint density at radius 2 is 1.88 bits per heavy atom. The summed E-state index contributed by atoms with van der Waals surface area (Å²) in [6.07, 6.45) is 2.02. The lowest BCUT2D eigenvalue weighted by Gasteiger charge is -2.16. The van der Waals surface area contributed by atoms with Gasteiger partial charge >= 0.3 is 0 Å². The maximum absolute atomic E-state index is 12.7. The Bertz CT molecular complexity index is 1010. The van der Waals surface area contributed by atoms with Gasteiger partial charge in [-0.15, -0.1) is 0 Å². The van der Waals surface area contributed by atoms with Crippen LogP contribution in [0.2, 0.25) is 0 Å². The van der Waals surface area contributed by atoms with Crippen LogP contribution in [0.4, 0.5) is 5.82 Å². The number of benzene rings is 1. The molecule has 0 saturated carbocycles. The molecule has 0 fully saturated rings. The number of amides is 1. The van der Waals surface area contributed by atoms with Crippen molar-refractivity contribution in [3.05, 3.63) is 58.6 Å². The summed E-state index contributed by atoms with van der Waals surface area (Å²) in [4.78, 5) is 29.3. The van der Waals surface area contributed by atoms with Gasteiger partial charge in [-0.25, -0.2) is 4.98 Å². The zero-order valence-electron chi connectivity index (χ0n) is 13.6. The van der Waals surface area contributed by atoms with Gasteiger partial charge in [0, 0.05) is 18.1 Å². The molecule has 0 spiro atoms. The number of nitrogens with zero attached hydrogens (tertiary/aromatic N) is 2. The zero-order chi connectivity index (χ0) is 18.0. The van der Waals surface area contributed by atoms with Crippen LogP contribution in [0.5, 0.6) is 11.5 Å². The molecule has 25 heavy (non-hydrogen) atoms. The van der Waals surface area contributed by atoms with Crippen LogP contribution in [0.3, 0.4) is 0 Å². The van der Waals surface area contributed by atoms with Crippen molar-refractivity contribution in [3.8, 4) is 11.5 Å². The Labute approximate surface area is 143 Å². The Morgan fingerprint density at radius 1 is 1.16 bits per heavy atom. The van der Waals surface area contributed by atoms with Crippen LogP contribution in [0, 0.1) is 0 Å². The lowest BCUT2D eigenvalue weighted by Crippen LogP contribution is -2.29. The second-order valence-electron chi connectivity index (χ2n) is 5.52. The first-order valence-electron chi connectivity index (χ1n) is 7.84. The van der Waals surface area contributed by atoms with Crippen molar-refractivity contribution in [3.63, 3.8) is 0 Å². The number of hydrogen-bond donors (Lipinski definition) is 3. The van der Waals surface area contributed by atoms with Gasteiger partial charge in [-0.2, -0.15) is 0 Å². The minimum Gasteiger partial charge on any atom is -0.505 e. The number of carbonyl (C=O) groups excluding carboxylic acids is 1. The minimum atomic E-state index is -0.720. The molecule has 0 aliphatic heterocycles. The van der Waals surface area contributed by atoms with Gasteiger partial charge in [-0.05, 0) is 24.6 Å². The van der Waals surface area contributed by atoms with Gasteiger partial charge in [0.1, 0.15) is 0 Å². The molecule has 0 unspecified atom stereocenters. The first kappa shape index (κ1) is 16.5. The predicted octanol–water partition coefficient (Wildman–Crippen LogP) is 2.47. The minimum absolute atomic E-state index is 0.0458. The number of aromatic nitrogens is 2. The van der Waals surface area contributed by atoms with E-state index >= 15 is 0 Å². The Kier molecular flexibility index (Phi) is 4.38. The van der Waals surface area contributed by atoms with Gasteiger partial charge in [-0.3, -0.25) is 9.59 Å². The topological polar surface area (TPSA) is 104 Å². The quantitative estimate of drug-likeness (QED) is 0.677. The van der Waals surface area contributed by atoms with Crippen molar-refractivity contribution in [1.82, 2.24) is 9.55 Å². The first-order valence-corrected chi connectivity index (χ1v) is 7.84. The standard InChI is InChI=1S/C18H17N3O4/c1-2-10-21-14(17(24)20-16-13(22)8-5-9-19-16)15(23)11-6-3-4-7-12(11)18(21)25/h3-9,22-23H,2,10H2,1H3,(H,19,20,24).